The van der Waals surface area contributed by atoms with E-state index in [1.165, 1.54) is 19.3 Å². The molecule has 0 aliphatic heterocycles. The van der Waals surface area contributed by atoms with Gasteiger partial charge in [0, 0.05) is 0 Å². The van der Waals surface area contributed by atoms with Gasteiger partial charge >= 0.3 is 0 Å². The summed E-state index contributed by atoms with van der Waals surface area (Å²) in [7, 11) is 0. The molecule has 11 heavy (non-hydrogen) atoms. The van der Waals surface area contributed by atoms with Crippen molar-refractivity contribution in [3.63, 3.8) is 0 Å². The van der Waals surface area contributed by atoms with Crippen LogP contribution in [0.25, 0.3) is 0 Å². The number of hydrogen-bond acceptors (Lipinski definition) is 0. The van der Waals surface area contributed by atoms with Crippen molar-refractivity contribution in [3.8, 4) is 11.8 Å². The summed E-state index contributed by atoms with van der Waals surface area (Å²) in [6, 6.07) is 0. The smallest absolute Gasteiger partial charge is 0.0155 e. The molecule has 0 aromatic rings. The first-order valence-electron chi connectivity index (χ1n) is 4.18. The van der Waals surface area contributed by atoms with Gasteiger partial charge in [0.2, 0.25) is 0 Å². The lowest BCUT2D eigenvalue weighted by Crippen LogP contribution is -1.69. The molecule has 60 valence electrons. The predicted octanol–water partition coefficient (Wildman–Crippen LogP) is 3.31. The minimum absolute atomic E-state index is 1.15. The number of allylic oxidation sites excluding steroid dienone is 3. The molecule has 0 aliphatic carbocycles. The van der Waals surface area contributed by atoms with Crippen LogP contribution in [0.3, 0.4) is 0 Å². The summed E-state index contributed by atoms with van der Waals surface area (Å²) in [5, 5.41) is 0. The van der Waals surface area contributed by atoms with Crippen LogP contribution in [0.4, 0.5) is 0 Å². The summed E-state index contributed by atoms with van der Waals surface area (Å²) < 4.78 is 0. The molecule has 0 saturated carbocycles. The highest BCUT2D eigenvalue weighted by Gasteiger charge is 1.79. The van der Waals surface area contributed by atoms with Crippen molar-refractivity contribution in [1.29, 1.82) is 0 Å². The van der Waals surface area contributed by atoms with Crippen LogP contribution in [0.1, 0.15) is 32.6 Å². The van der Waals surface area contributed by atoms with Gasteiger partial charge in [0.15, 0.2) is 0 Å². The van der Waals surface area contributed by atoms with Crippen LogP contribution in [0.15, 0.2) is 24.8 Å². The van der Waals surface area contributed by atoms with Gasteiger partial charge in [-0.05, 0) is 25.0 Å². The SMILES string of the molecule is C=CC#C/C=C/CCCCC. The van der Waals surface area contributed by atoms with Crippen LogP contribution < -0.4 is 0 Å². The first kappa shape index (κ1) is 10.0. The van der Waals surface area contributed by atoms with Crippen LogP contribution in [0.2, 0.25) is 0 Å². The Hall–Kier alpha value is -0.960. The van der Waals surface area contributed by atoms with E-state index in [1.54, 1.807) is 6.08 Å². The first-order valence-corrected chi connectivity index (χ1v) is 4.18. The van der Waals surface area contributed by atoms with E-state index < -0.39 is 0 Å². The van der Waals surface area contributed by atoms with Crippen molar-refractivity contribution in [3.05, 3.63) is 24.8 Å². The Morgan fingerprint density at radius 2 is 2.09 bits per heavy atom. The van der Waals surface area contributed by atoms with E-state index in [9.17, 15) is 0 Å². The van der Waals surface area contributed by atoms with E-state index in [2.05, 4.69) is 31.4 Å². The third-order valence-electron chi connectivity index (χ3n) is 1.36. The average molecular weight is 148 g/mol. The van der Waals surface area contributed by atoms with Gasteiger partial charge in [-0.3, -0.25) is 0 Å². The first-order chi connectivity index (χ1) is 5.41. The van der Waals surface area contributed by atoms with E-state index in [0.29, 0.717) is 0 Å². The second-order valence-corrected chi connectivity index (χ2v) is 2.39. The van der Waals surface area contributed by atoms with E-state index in [0.717, 1.165) is 6.42 Å². The fourth-order valence-corrected chi connectivity index (χ4v) is 0.761. The molecule has 0 spiro atoms. The van der Waals surface area contributed by atoms with Crippen LogP contribution >= 0.6 is 0 Å². The van der Waals surface area contributed by atoms with Crippen molar-refractivity contribution in [2.75, 3.05) is 0 Å². The Bertz CT molecular complexity index is 164. The normalized spacial score (nSPS) is 9.18. The minimum Gasteiger partial charge on any atom is -0.0906 e. The standard InChI is InChI=1S/C11H16/c1-3-5-7-9-11-10-8-6-4-2/h3,9,11H,1,4,6,8,10H2,2H3/b11-9+. The van der Waals surface area contributed by atoms with Gasteiger partial charge in [0.25, 0.3) is 0 Å². The third kappa shape index (κ3) is 9.04. The molecule has 0 N–H and O–H groups in total. The van der Waals surface area contributed by atoms with Gasteiger partial charge in [-0.25, -0.2) is 0 Å². The lowest BCUT2D eigenvalue weighted by atomic mass is 10.2. The quantitative estimate of drug-likeness (QED) is 0.424. The van der Waals surface area contributed by atoms with E-state index in [-0.39, 0.29) is 0 Å². The highest BCUT2D eigenvalue weighted by molar-refractivity contribution is 5.21. The second-order valence-electron chi connectivity index (χ2n) is 2.39. The second kappa shape index (κ2) is 9.04. The zero-order chi connectivity index (χ0) is 8.36. The van der Waals surface area contributed by atoms with Crippen molar-refractivity contribution >= 4 is 0 Å². The summed E-state index contributed by atoms with van der Waals surface area (Å²) in [6.45, 7) is 5.71. The molecule has 0 aromatic carbocycles. The summed E-state index contributed by atoms with van der Waals surface area (Å²) in [4.78, 5) is 0. The number of rotatable bonds is 4. The molecule has 0 aromatic heterocycles. The van der Waals surface area contributed by atoms with Crippen LogP contribution in [-0.2, 0) is 0 Å². The van der Waals surface area contributed by atoms with Crippen LogP contribution in [0.5, 0.6) is 0 Å². The Morgan fingerprint density at radius 1 is 1.27 bits per heavy atom. The molecule has 0 aliphatic rings. The largest absolute Gasteiger partial charge is 0.0906 e. The number of unbranched alkanes of at least 4 members (excludes halogenated alkanes) is 3. The van der Waals surface area contributed by atoms with Gasteiger partial charge in [-0.15, -0.1) is 0 Å². The van der Waals surface area contributed by atoms with Gasteiger partial charge in [-0.1, -0.05) is 44.3 Å². The molecular weight excluding hydrogens is 132 g/mol. The van der Waals surface area contributed by atoms with Crippen LogP contribution in [-0.4, -0.2) is 0 Å². The topological polar surface area (TPSA) is 0 Å². The molecule has 0 bridgehead atoms. The third-order valence-corrected chi connectivity index (χ3v) is 1.36. The molecule has 0 unspecified atom stereocenters. The van der Waals surface area contributed by atoms with E-state index >= 15 is 0 Å². The Balaban J connectivity index is 3.22. The van der Waals surface area contributed by atoms with Crippen molar-refractivity contribution < 1.29 is 0 Å². The molecular formula is C11H16. The predicted molar refractivity (Wildman–Crippen MR) is 51.3 cm³/mol. The fraction of sp³-hybridized carbons (Fsp3) is 0.455. The zero-order valence-electron chi connectivity index (χ0n) is 7.27. The molecule has 0 fully saturated rings. The molecule has 0 heterocycles. The van der Waals surface area contributed by atoms with Gasteiger partial charge in [0.05, 0.1) is 0 Å². The van der Waals surface area contributed by atoms with E-state index in [1.807, 2.05) is 6.08 Å². The Labute approximate surface area is 70.0 Å². The van der Waals surface area contributed by atoms with Crippen LogP contribution in [0, 0.1) is 11.8 Å². The highest BCUT2D eigenvalue weighted by Crippen LogP contribution is 1.98. The lowest BCUT2D eigenvalue weighted by Gasteiger charge is -1.88. The molecule has 0 rings (SSSR count). The van der Waals surface area contributed by atoms with Gasteiger partial charge in [0.1, 0.15) is 0 Å². The summed E-state index contributed by atoms with van der Waals surface area (Å²) >= 11 is 0. The zero-order valence-corrected chi connectivity index (χ0v) is 7.27. The molecule has 0 nitrogen and oxygen atoms in total. The van der Waals surface area contributed by atoms with Gasteiger partial charge in [-0.2, -0.15) is 0 Å². The maximum absolute atomic E-state index is 3.50. The van der Waals surface area contributed by atoms with Crippen molar-refractivity contribution in [1.82, 2.24) is 0 Å². The lowest BCUT2D eigenvalue weighted by molar-refractivity contribution is 0.729. The molecule has 0 amide bonds. The van der Waals surface area contributed by atoms with E-state index in [4.69, 9.17) is 0 Å². The monoisotopic (exact) mass is 148 g/mol. The maximum atomic E-state index is 3.50. The maximum Gasteiger partial charge on any atom is -0.0155 e. The molecule has 0 atom stereocenters. The summed E-state index contributed by atoms with van der Waals surface area (Å²) in [5.41, 5.74) is 0. The highest BCUT2D eigenvalue weighted by atomic mass is 13.8. The van der Waals surface area contributed by atoms with Crippen molar-refractivity contribution in [2.45, 2.75) is 32.6 Å². The number of hydrogen-bond donors (Lipinski definition) is 0. The molecule has 0 radical (unpaired) electrons. The summed E-state index contributed by atoms with van der Waals surface area (Å²) in [6.07, 6.45) is 10.7. The Kier molecular flexibility index (Phi) is 8.25. The Morgan fingerprint density at radius 3 is 2.73 bits per heavy atom. The summed E-state index contributed by atoms with van der Waals surface area (Å²) in [5.74, 6) is 5.63. The van der Waals surface area contributed by atoms with Gasteiger partial charge < -0.3 is 0 Å². The fourth-order valence-electron chi connectivity index (χ4n) is 0.761. The molecule has 0 heteroatoms. The van der Waals surface area contributed by atoms with Crippen molar-refractivity contribution in [2.24, 2.45) is 0 Å². The average Bonchev–Trinajstić information content (AvgIpc) is 2.03. The molecule has 0 saturated heterocycles. The minimum atomic E-state index is 1.15.